The van der Waals surface area contributed by atoms with Crippen LogP contribution in [0, 0.1) is 18.8 Å². The summed E-state index contributed by atoms with van der Waals surface area (Å²) in [7, 11) is 7.44. The van der Waals surface area contributed by atoms with Crippen molar-refractivity contribution in [1.29, 1.82) is 0 Å². The van der Waals surface area contributed by atoms with Crippen molar-refractivity contribution < 1.29 is 33.6 Å². The Balaban J connectivity index is 1.16. The molecule has 0 bridgehead atoms. The van der Waals surface area contributed by atoms with Gasteiger partial charge in [-0.3, -0.25) is 19.8 Å². The summed E-state index contributed by atoms with van der Waals surface area (Å²) in [6.45, 7) is 1.76. The first-order valence-electron chi connectivity index (χ1n) is 21.0. The Bertz CT molecular complexity index is 3120. The minimum atomic E-state index is -1.51. The zero-order valence-electron chi connectivity index (χ0n) is 36.6. The van der Waals surface area contributed by atoms with Crippen LogP contribution in [0.25, 0.3) is 17.1 Å². The highest BCUT2D eigenvalue weighted by Gasteiger charge is 2.68. The lowest BCUT2D eigenvalue weighted by Gasteiger charge is -2.47. The summed E-state index contributed by atoms with van der Waals surface area (Å²) in [5, 5.41) is 11.8. The van der Waals surface area contributed by atoms with E-state index in [-0.39, 0.29) is 48.9 Å². The van der Waals surface area contributed by atoms with E-state index < -0.39 is 52.0 Å². The Morgan fingerprint density at radius 2 is 1.51 bits per heavy atom. The molecule has 65 heavy (non-hydrogen) atoms. The molecule has 0 spiro atoms. The van der Waals surface area contributed by atoms with Crippen LogP contribution in [0.4, 0.5) is 5.69 Å². The minimum Gasteiger partial charge on any atom is -0.502 e. The smallest absolute Gasteiger partial charge is 0.347 e. The molecule has 9 rings (SSSR count). The number of carbonyl (C=O) groups excluding carboxylic acids is 2. The largest absolute Gasteiger partial charge is 0.502 e. The number of benzene rings is 4. The predicted octanol–water partition coefficient (Wildman–Crippen LogP) is 4.51. The number of carbonyl (C=O) groups is 2. The zero-order chi connectivity index (χ0) is 45.9. The third kappa shape index (κ3) is 6.68. The van der Waals surface area contributed by atoms with Gasteiger partial charge in [-0.05, 0) is 54.3 Å². The molecule has 2 aliphatic heterocycles. The first kappa shape index (κ1) is 42.5. The molecule has 4 heterocycles. The number of hydrazine groups is 1. The zero-order valence-corrected chi connectivity index (χ0v) is 36.6. The quantitative estimate of drug-likeness (QED) is 0.129. The van der Waals surface area contributed by atoms with E-state index in [9.17, 15) is 24.3 Å². The molecule has 2 aromatic heterocycles. The predicted molar refractivity (Wildman–Crippen MR) is 240 cm³/mol. The van der Waals surface area contributed by atoms with Gasteiger partial charge in [-0.1, -0.05) is 66.3 Å². The molecular formula is C48H47N7O10. The Hall–Kier alpha value is -7.82. The summed E-state index contributed by atoms with van der Waals surface area (Å²) in [6, 6.07) is 22.2. The molecule has 1 aliphatic carbocycles. The number of aromatic hydroxyl groups is 1. The lowest BCUT2D eigenvalue weighted by Crippen LogP contribution is -2.54. The van der Waals surface area contributed by atoms with E-state index in [0.29, 0.717) is 44.9 Å². The molecule has 4 aromatic carbocycles. The standard InChI is InChI=1S/C48H47N7O10/c1-27-12-15-30(16-13-27)50-54-43(57)33-24-36-31(32(48(33,45(54)59)29-10-8-7-9-11-29)17-14-28-22-40(64-5)42(56)41(23-28)65-6)18-21-53-46(60)52(47(61)55(36)53)20-19-34-44(58)51(2)37-26-39(63-4)38(62-3)25-35(37)49-34/h7-18,22-23,25-26,32-33,36,50,56H,19-21,24H2,1-6H3. The molecule has 4 unspecified atom stereocenters. The molecule has 3 aliphatic rings. The first-order chi connectivity index (χ1) is 31.3. The number of hydrogen-bond acceptors (Lipinski definition) is 12. The fourth-order valence-corrected chi connectivity index (χ4v) is 9.80. The fourth-order valence-electron chi connectivity index (χ4n) is 9.80. The van der Waals surface area contributed by atoms with Crippen molar-refractivity contribution in [3.05, 3.63) is 150 Å². The molecule has 2 N–H and O–H groups in total. The van der Waals surface area contributed by atoms with Gasteiger partial charge in [0.2, 0.25) is 5.75 Å². The number of imide groups is 1. The summed E-state index contributed by atoms with van der Waals surface area (Å²) in [4.78, 5) is 77.6. The van der Waals surface area contributed by atoms with Gasteiger partial charge in [-0.25, -0.2) is 28.5 Å². The summed E-state index contributed by atoms with van der Waals surface area (Å²) in [5.41, 5.74) is 4.40. The number of anilines is 1. The van der Waals surface area contributed by atoms with Gasteiger partial charge in [0.05, 0.1) is 69.1 Å². The molecule has 4 atom stereocenters. The van der Waals surface area contributed by atoms with Crippen LogP contribution < -0.4 is 41.3 Å². The van der Waals surface area contributed by atoms with Crippen molar-refractivity contribution in [3.63, 3.8) is 0 Å². The number of amides is 2. The molecule has 0 radical (unpaired) electrons. The Labute approximate surface area is 371 Å². The average molecular weight is 882 g/mol. The van der Waals surface area contributed by atoms with Crippen molar-refractivity contribution >= 4 is 34.6 Å². The van der Waals surface area contributed by atoms with E-state index in [1.807, 2.05) is 61.5 Å². The minimum absolute atomic E-state index is 0.00397. The van der Waals surface area contributed by atoms with Crippen LogP contribution in [0.3, 0.4) is 0 Å². The van der Waals surface area contributed by atoms with Gasteiger partial charge >= 0.3 is 11.4 Å². The van der Waals surface area contributed by atoms with Crippen LogP contribution in [0.2, 0.25) is 0 Å². The Morgan fingerprint density at radius 3 is 2.17 bits per heavy atom. The third-order valence-electron chi connectivity index (χ3n) is 13.0. The van der Waals surface area contributed by atoms with Gasteiger partial charge in [0.25, 0.3) is 17.4 Å². The van der Waals surface area contributed by atoms with Crippen LogP contribution in [-0.2, 0) is 41.6 Å². The van der Waals surface area contributed by atoms with Crippen molar-refractivity contribution in [1.82, 2.24) is 28.5 Å². The van der Waals surface area contributed by atoms with Crippen molar-refractivity contribution in [3.8, 4) is 28.7 Å². The molecule has 6 aromatic rings. The molecular weight excluding hydrogens is 835 g/mol. The molecule has 2 fully saturated rings. The van der Waals surface area contributed by atoms with Crippen LogP contribution in [0.1, 0.15) is 34.8 Å². The lowest BCUT2D eigenvalue weighted by molar-refractivity contribution is -0.138. The normalized spacial score (nSPS) is 20.1. The van der Waals surface area contributed by atoms with E-state index in [1.165, 1.54) is 42.4 Å². The number of allylic oxidation sites excluding steroid dienone is 3. The van der Waals surface area contributed by atoms with E-state index in [0.717, 1.165) is 15.1 Å². The van der Waals surface area contributed by atoms with Crippen molar-refractivity contribution in [2.45, 2.75) is 44.3 Å². The van der Waals surface area contributed by atoms with Gasteiger partial charge in [-0.15, -0.1) is 0 Å². The highest BCUT2D eigenvalue weighted by atomic mass is 16.5. The topological polar surface area (TPSA) is 190 Å². The summed E-state index contributed by atoms with van der Waals surface area (Å²) in [5.74, 6) is -1.86. The van der Waals surface area contributed by atoms with Crippen LogP contribution in [0.5, 0.6) is 28.7 Å². The highest BCUT2D eigenvalue weighted by molar-refractivity contribution is 6.12. The van der Waals surface area contributed by atoms with Crippen LogP contribution in [0.15, 0.2) is 111 Å². The van der Waals surface area contributed by atoms with E-state index >= 15 is 4.79 Å². The number of phenols is 1. The lowest BCUT2D eigenvalue weighted by atomic mass is 9.54. The van der Waals surface area contributed by atoms with Gasteiger partial charge < -0.3 is 28.6 Å². The molecule has 17 nitrogen and oxygen atoms in total. The summed E-state index contributed by atoms with van der Waals surface area (Å²) in [6.07, 6.45) is 5.43. The molecule has 2 amide bonds. The molecule has 1 saturated heterocycles. The number of rotatable bonds is 12. The van der Waals surface area contributed by atoms with E-state index in [1.54, 1.807) is 49.5 Å². The number of fused-ring (bicyclic) bond motifs is 5. The number of phenolic OH excluding ortho intramolecular Hbond substituents is 1. The second-order valence-electron chi connectivity index (χ2n) is 16.3. The maximum Gasteiger partial charge on any atom is 0.347 e. The highest BCUT2D eigenvalue weighted by Crippen LogP contribution is 2.59. The second kappa shape index (κ2) is 16.4. The molecule has 17 heteroatoms. The van der Waals surface area contributed by atoms with Crippen LogP contribution in [-0.4, -0.2) is 73.9 Å². The maximum absolute atomic E-state index is 15.4. The van der Waals surface area contributed by atoms with E-state index in [4.69, 9.17) is 18.9 Å². The monoisotopic (exact) mass is 881 g/mol. The van der Waals surface area contributed by atoms with Gasteiger partial charge in [0.15, 0.2) is 23.0 Å². The van der Waals surface area contributed by atoms with Crippen molar-refractivity contribution in [2.75, 3.05) is 33.9 Å². The van der Waals surface area contributed by atoms with Crippen molar-refractivity contribution in [2.24, 2.45) is 18.9 Å². The Kier molecular flexibility index (Phi) is 10.7. The first-order valence-corrected chi connectivity index (χ1v) is 21.0. The number of ether oxygens (including phenoxy) is 4. The molecule has 1 saturated carbocycles. The van der Waals surface area contributed by atoms with E-state index in [2.05, 4.69) is 10.4 Å². The number of nitrogens with zero attached hydrogens (tertiary/aromatic N) is 6. The molecule has 334 valence electrons. The number of methoxy groups -OCH3 is 4. The summed E-state index contributed by atoms with van der Waals surface area (Å²) < 4.78 is 27.0. The number of hydrogen-bond donors (Lipinski definition) is 2. The van der Waals surface area contributed by atoms with Gasteiger partial charge in [0.1, 0.15) is 5.69 Å². The van der Waals surface area contributed by atoms with Crippen LogP contribution >= 0.6 is 0 Å². The van der Waals surface area contributed by atoms with Gasteiger partial charge in [-0.2, -0.15) is 5.01 Å². The Morgan fingerprint density at radius 1 is 0.846 bits per heavy atom. The third-order valence-corrected chi connectivity index (χ3v) is 13.0. The number of aromatic nitrogens is 5. The fraction of sp³-hybridized carbons (Fsp3) is 0.292. The number of nitrogens with one attached hydrogen (secondary N) is 1. The maximum atomic E-state index is 15.4. The summed E-state index contributed by atoms with van der Waals surface area (Å²) >= 11 is 0. The van der Waals surface area contributed by atoms with Gasteiger partial charge in [0, 0.05) is 38.1 Å². The average Bonchev–Trinajstić information content (AvgIpc) is 3.69. The SMILES string of the molecule is COc1cc2nc(CCn3c(=O)n4n(c3=O)C3CC5C(=O)N(Nc6ccc(C)cc6)C(=O)C5(c5ccccc5)C(C=Cc5cc(OC)c(O)c(OC)c5)C3=CC4)c(=O)n(C)c2cc1OC. The number of aryl methyl sites for hydroxylation is 3. The second-order valence-corrected chi connectivity index (χ2v) is 16.3.